The molecule has 61 valence electrons. The zero-order valence-corrected chi connectivity index (χ0v) is 6.43. The molecule has 0 spiro atoms. The molecule has 0 fully saturated rings. The molecule has 0 atom stereocenters. The predicted molar refractivity (Wildman–Crippen MR) is 46.8 cm³/mol. The van der Waals surface area contributed by atoms with E-state index < -0.39 is 4.92 Å². The molecule has 1 rings (SSSR count). The van der Waals surface area contributed by atoms with E-state index >= 15 is 0 Å². The molecule has 1 radical (unpaired) electrons. The lowest BCUT2D eigenvalue weighted by Crippen LogP contribution is -1.92. The van der Waals surface area contributed by atoms with Gasteiger partial charge < -0.3 is 0 Å². The van der Waals surface area contributed by atoms with Crippen molar-refractivity contribution < 1.29 is 4.92 Å². The molecular formula is C9H8NO2. The van der Waals surface area contributed by atoms with E-state index in [0.717, 1.165) is 5.56 Å². The van der Waals surface area contributed by atoms with E-state index in [1.807, 2.05) is 18.2 Å². The highest BCUT2D eigenvalue weighted by atomic mass is 16.6. The summed E-state index contributed by atoms with van der Waals surface area (Å²) in [7, 11) is 0. The Hall–Kier alpha value is -1.64. The number of allylic oxidation sites excluding steroid dienone is 1. The monoisotopic (exact) mass is 162 g/mol. The Labute approximate surface area is 70.5 Å². The molecule has 0 saturated carbocycles. The van der Waals surface area contributed by atoms with Gasteiger partial charge in [-0.25, -0.2) is 0 Å². The molecule has 3 heteroatoms. The minimum Gasteiger partial charge on any atom is -0.259 e. The maximum Gasteiger partial charge on any atom is 0.247 e. The van der Waals surface area contributed by atoms with Crippen LogP contribution in [0.4, 0.5) is 0 Å². The molecule has 1 aromatic carbocycles. The summed E-state index contributed by atoms with van der Waals surface area (Å²) in [5, 5.41) is 10.2. The van der Waals surface area contributed by atoms with Gasteiger partial charge in [-0.15, -0.1) is 0 Å². The fourth-order valence-electron chi connectivity index (χ4n) is 0.794. The van der Waals surface area contributed by atoms with Crippen LogP contribution >= 0.6 is 0 Å². The van der Waals surface area contributed by atoms with Crippen LogP contribution in [0.1, 0.15) is 5.56 Å². The third-order valence-electron chi connectivity index (χ3n) is 1.37. The Morgan fingerprint density at radius 1 is 1.42 bits per heavy atom. The SMILES string of the molecule is [CH2]/C(=C\c1ccccc1)[N+](=O)[O-]. The molecule has 0 aliphatic rings. The smallest absolute Gasteiger partial charge is 0.247 e. The molecule has 0 amide bonds. The quantitative estimate of drug-likeness (QED) is 0.494. The summed E-state index contributed by atoms with van der Waals surface area (Å²) in [5.41, 5.74) is 0.695. The van der Waals surface area contributed by atoms with E-state index in [4.69, 9.17) is 0 Å². The van der Waals surface area contributed by atoms with E-state index in [1.54, 1.807) is 12.1 Å². The Balaban J connectivity index is 2.89. The molecule has 1 aromatic rings. The summed E-state index contributed by atoms with van der Waals surface area (Å²) >= 11 is 0. The zero-order valence-electron chi connectivity index (χ0n) is 6.43. The predicted octanol–water partition coefficient (Wildman–Crippen LogP) is 2.14. The second kappa shape index (κ2) is 3.67. The standard InChI is InChI=1S/C9H8NO2/c1-8(10(11)12)7-9-5-3-2-4-6-9/h2-7H,1H2/b8-7+. The van der Waals surface area contributed by atoms with Crippen molar-refractivity contribution in [1.82, 2.24) is 0 Å². The molecule has 0 bridgehead atoms. The Morgan fingerprint density at radius 3 is 2.50 bits per heavy atom. The number of nitrogens with zero attached hydrogens (tertiary/aromatic N) is 1. The summed E-state index contributed by atoms with van der Waals surface area (Å²) in [6, 6.07) is 9.06. The van der Waals surface area contributed by atoms with Gasteiger partial charge in [0, 0.05) is 13.0 Å². The van der Waals surface area contributed by atoms with Crippen LogP contribution < -0.4 is 0 Å². The fraction of sp³-hybridized carbons (Fsp3) is 0. The van der Waals surface area contributed by atoms with Crippen LogP contribution in [0.25, 0.3) is 6.08 Å². The second-order valence-corrected chi connectivity index (χ2v) is 2.30. The fourth-order valence-corrected chi connectivity index (χ4v) is 0.794. The topological polar surface area (TPSA) is 43.1 Å². The van der Waals surface area contributed by atoms with E-state index in [9.17, 15) is 10.1 Å². The third kappa shape index (κ3) is 2.20. The Morgan fingerprint density at radius 2 is 2.00 bits per heavy atom. The van der Waals surface area contributed by atoms with Crippen LogP contribution in [0.15, 0.2) is 36.0 Å². The average Bonchev–Trinajstić information content (AvgIpc) is 2.06. The molecular weight excluding hydrogens is 154 g/mol. The van der Waals surface area contributed by atoms with Gasteiger partial charge in [-0.2, -0.15) is 0 Å². The lowest BCUT2D eigenvalue weighted by molar-refractivity contribution is -0.418. The minimum absolute atomic E-state index is 0.0961. The van der Waals surface area contributed by atoms with Crippen LogP contribution in [-0.2, 0) is 0 Å². The van der Waals surface area contributed by atoms with Crippen molar-refractivity contribution in [2.24, 2.45) is 0 Å². The average molecular weight is 162 g/mol. The van der Waals surface area contributed by atoms with Crippen molar-refractivity contribution in [2.45, 2.75) is 0 Å². The van der Waals surface area contributed by atoms with Gasteiger partial charge in [-0.3, -0.25) is 10.1 Å². The van der Waals surface area contributed by atoms with E-state index in [2.05, 4.69) is 6.92 Å². The largest absolute Gasteiger partial charge is 0.259 e. The minimum atomic E-state index is -0.507. The van der Waals surface area contributed by atoms with Gasteiger partial charge in [0.15, 0.2) is 0 Å². The first-order valence-electron chi connectivity index (χ1n) is 3.43. The van der Waals surface area contributed by atoms with Crippen LogP contribution in [0.5, 0.6) is 0 Å². The molecule has 0 N–H and O–H groups in total. The molecule has 0 heterocycles. The van der Waals surface area contributed by atoms with Gasteiger partial charge in [0.25, 0.3) is 0 Å². The van der Waals surface area contributed by atoms with Crippen LogP contribution in [0.2, 0.25) is 0 Å². The first-order chi connectivity index (χ1) is 5.70. The first kappa shape index (κ1) is 8.46. The van der Waals surface area contributed by atoms with Gasteiger partial charge in [0.05, 0.1) is 4.92 Å². The van der Waals surface area contributed by atoms with Crippen molar-refractivity contribution in [2.75, 3.05) is 0 Å². The van der Waals surface area contributed by atoms with Gasteiger partial charge in [-0.1, -0.05) is 30.3 Å². The van der Waals surface area contributed by atoms with E-state index in [1.165, 1.54) is 6.08 Å². The maximum absolute atomic E-state index is 10.2. The van der Waals surface area contributed by atoms with E-state index in [0.29, 0.717) is 0 Å². The van der Waals surface area contributed by atoms with Crippen LogP contribution in [0, 0.1) is 17.0 Å². The lowest BCUT2D eigenvalue weighted by Gasteiger charge is -1.91. The van der Waals surface area contributed by atoms with Crippen LogP contribution in [-0.4, -0.2) is 4.92 Å². The zero-order chi connectivity index (χ0) is 8.97. The highest BCUT2D eigenvalue weighted by Crippen LogP contribution is 2.05. The van der Waals surface area contributed by atoms with E-state index in [-0.39, 0.29) is 5.70 Å². The number of benzene rings is 1. The highest BCUT2D eigenvalue weighted by molar-refractivity contribution is 5.51. The highest BCUT2D eigenvalue weighted by Gasteiger charge is 2.00. The lowest BCUT2D eigenvalue weighted by atomic mass is 10.2. The summed E-state index contributed by atoms with van der Waals surface area (Å²) in [6.07, 6.45) is 1.43. The molecule has 12 heavy (non-hydrogen) atoms. The number of nitro groups is 1. The van der Waals surface area contributed by atoms with Gasteiger partial charge in [0.2, 0.25) is 5.70 Å². The van der Waals surface area contributed by atoms with Gasteiger partial charge >= 0.3 is 0 Å². The molecule has 3 nitrogen and oxygen atoms in total. The summed E-state index contributed by atoms with van der Waals surface area (Å²) < 4.78 is 0. The van der Waals surface area contributed by atoms with Crippen LogP contribution in [0.3, 0.4) is 0 Å². The Kier molecular flexibility index (Phi) is 2.58. The molecule has 0 saturated heterocycles. The Bertz CT molecular complexity index is 304. The summed E-state index contributed by atoms with van der Waals surface area (Å²) in [6.45, 7) is 3.29. The summed E-state index contributed by atoms with van der Waals surface area (Å²) in [5.74, 6) is 0. The van der Waals surface area contributed by atoms with Crippen molar-refractivity contribution in [1.29, 1.82) is 0 Å². The first-order valence-corrected chi connectivity index (χ1v) is 3.43. The van der Waals surface area contributed by atoms with Gasteiger partial charge in [-0.05, 0) is 5.56 Å². The number of rotatable bonds is 2. The molecule has 0 aliphatic carbocycles. The number of hydrogen-bond donors (Lipinski definition) is 0. The molecule has 0 aromatic heterocycles. The maximum atomic E-state index is 10.2. The number of hydrogen-bond acceptors (Lipinski definition) is 2. The van der Waals surface area contributed by atoms with Crippen molar-refractivity contribution in [3.63, 3.8) is 0 Å². The van der Waals surface area contributed by atoms with Crippen molar-refractivity contribution >= 4 is 6.08 Å². The third-order valence-corrected chi connectivity index (χ3v) is 1.37. The summed E-state index contributed by atoms with van der Waals surface area (Å²) in [4.78, 5) is 9.67. The molecule has 0 aliphatic heterocycles. The van der Waals surface area contributed by atoms with Gasteiger partial charge in [0.1, 0.15) is 0 Å². The molecule has 0 unspecified atom stereocenters. The van der Waals surface area contributed by atoms with Crippen molar-refractivity contribution in [3.05, 3.63) is 58.6 Å². The second-order valence-electron chi connectivity index (χ2n) is 2.30. The van der Waals surface area contributed by atoms with Crippen molar-refractivity contribution in [3.8, 4) is 0 Å². The normalized spacial score (nSPS) is 11.2.